The number of amides is 2. The number of carboxylic acid groups (broad SMARTS) is 2. The number of anilines is 1. The third-order valence-corrected chi connectivity index (χ3v) is 5.47. The zero-order valence-electron chi connectivity index (χ0n) is 17.6. The van der Waals surface area contributed by atoms with E-state index in [9.17, 15) is 19.5 Å². The van der Waals surface area contributed by atoms with Gasteiger partial charge in [0.1, 0.15) is 5.75 Å². The number of aromatic carboxylic acids is 1. The van der Waals surface area contributed by atoms with Crippen LogP contribution in [0.25, 0.3) is 10.4 Å². The lowest BCUT2D eigenvalue weighted by atomic mass is 10.1. The van der Waals surface area contributed by atoms with Gasteiger partial charge in [0.2, 0.25) is 0 Å². The van der Waals surface area contributed by atoms with Gasteiger partial charge in [-0.15, -0.1) is 11.3 Å². The van der Waals surface area contributed by atoms with Crippen molar-refractivity contribution in [2.45, 2.75) is 46.7 Å². The summed E-state index contributed by atoms with van der Waals surface area (Å²) in [4.78, 5) is 37.4. The van der Waals surface area contributed by atoms with Crippen molar-refractivity contribution in [3.8, 4) is 16.2 Å². The summed E-state index contributed by atoms with van der Waals surface area (Å²) in [5, 5.41) is 21.3. The number of aliphatic carboxylic acids is 1. The standard InChI is InChI=1S/C21H26N2O6S/c1-11(2)22-21(28)23(12(3)4)15-8-6-7-14(9-15)18-13(5)17(29-10-16(24)25)19(30-18)20(26)27/h6-9,11-12H,10H2,1-5H3,(H,22,28)(H,24,25)(H,26,27). The van der Waals surface area contributed by atoms with Gasteiger partial charge in [-0.1, -0.05) is 12.1 Å². The van der Waals surface area contributed by atoms with E-state index >= 15 is 0 Å². The molecule has 0 radical (unpaired) electrons. The third-order valence-electron chi connectivity index (χ3n) is 4.16. The van der Waals surface area contributed by atoms with Crippen LogP contribution in [-0.4, -0.2) is 46.9 Å². The SMILES string of the molecule is Cc1c(-c2cccc(N(C(=O)NC(C)C)C(C)C)c2)sc(C(=O)O)c1OCC(=O)O. The van der Waals surface area contributed by atoms with E-state index in [1.54, 1.807) is 17.9 Å². The van der Waals surface area contributed by atoms with E-state index in [0.29, 0.717) is 21.7 Å². The van der Waals surface area contributed by atoms with Crippen LogP contribution in [0.1, 0.15) is 42.9 Å². The van der Waals surface area contributed by atoms with Crippen LogP contribution in [0.5, 0.6) is 5.75 Å². The molecule has 30 heavy (non-hydrogen) atoms. The maximum absolute atomic E-state index is 12.7. The number of carbonyl (C=O) groups excluding carboxylic acids is 1. The quantitative estimate of drug-likeness (QED) is 0.573. The highest BCUT2D eigenvalue weighted by Gasteiger charge is 2.25. The number of ether oxygens (including phenoxy) is 1. The molecule has 3 N–H and O–H groups in total. The molecule has 0 bridgehead atoms. The van der Waals surface area contributed by atoms with Crippen molar-refractivity contribution >= 4 is 35.0 Å². The Balaban J connectivity index is 2.50. The third kappa shape index (κ3) is 5.29. The molecular weight excluding hydrogens is 408 g/mol. The van der Waals surface area contributed by atoms with Crippen LogP contribution in [0.15, 0.2) is 24.3 Å². The zero-order valence-corrected chi connectivity index (χ0v) is 18.4. The monoisotopic (exact) mass is 434 g/mol. The topological polar surface area (TPSA) is 116 Å². The van der Waals surface area contributed by atoms with E-state index in [1.165, 1.54) is 0 Å². The molecule has 0 saturated heterocycles. The summed E-state index contributed by atoms with van der Waals surface area (Å²) in [7, 11) is 0. The molecule has 1 aromatic heterocycles. The Hall–Kier alpha value is -3.07. The molecule has 2 amide bonds. The fourth-order valence-electron chi connectivity index (χ4n) is 2.99. The summed E-state index contributed by atoms with van der Waals surface area (Å²) in [5.74, 6) is -2.33. The van der Waals surface area contributed by atoms with Gasteiger partial charge in [-0.25, -0.2) is 14.4 Å². The minimum atomic E-state index is -1.19. The lowest BCUT2D eigenvalue weighted by Gasteiger charge is -2.28. The van der Waals surface area contributed by atoms with E-state index in [0.717, 1.165) is 11.3 Å². The van der Waals surface area contributed by atoms with Crippen LogP contribution < -0.4 is 15.0 Å². The van der Waals surface area contributed by atoms with Gasteiger partial charge in [-0.05, 0) is 52.3 Å². The maximum atomic E-state index is 12.7. The molecule has 1 heterocycles. The van der Waals surface area contributed by atoms with Gasteiger partial charge in [0.15, 0.2) is 11.5 Å². The lowest BCUT2D eigenvalue weighted by Crippen LogP contribution is -2.46. The number of nitrogens with one attached hydrogen (secondary N) is 1. The second-order valence-electron chi connectivity index (χ2n) is 7.32. The molecule has 0 saturated carbocycles. The summed E-state index contributed by atoms with van der Waals surface area (Å²) >= 11 is 1.01. The first kappa shape index (κ1) is 23.2. The molecule has 2 rings (SSSR count). The van der Waals surface area contributed by atoms with Crippen LogP contribution in [0.3, 0.4) is 0 Å². The average molecular weight is 435 g/mol. The lowest BCUT2D eigenvalue weighted by molar-refractivity contribution is -0.139. The molecule has 0 spiro atoms. The Morgan fingerprint density at radius 2 is 1.83 bits per heavy atom. The Bertz CT molecular complexity index is 951. The molecule has 0 aliphatic rings. The van der Waals surface area contributed by atoms with Crippen LogP contribution >= 0.6 is 11.3 Å². The number of thiophene rings is 1. The first-order valence-electron chi connectivity index (χ1n) is 9.44. The van der Waals surface area contributed by atoms with E-state index in [-0.39, 0.29) is 28.7 Å². The highest BCUT2D eigenvalue weighted by Crippen LogP contribution is 2.42. The smallest absolute Gasteiger partial charge is 0.349 e. The van der Waals surface area contributed by atoms with E-state index in [1.807, 2.05) is 45.9 Å². The van der Waals surface area contributed by atoms with E-state index in [4.69, 9.17) is 9.84 Å². The van der Waals surface area contributed by atoms with Crippen LogP contribution in [0.2, 0.25) is 0 Å². The fourth-order valence-corrected chi connectivity index (χ4v) is 4.07. The molecule has 9 heteroatoms. The maximum Gasteiger partial charge on any atom is 0.349 e. The molecule has 1 aromatic carbocycles. The van der Waals surface area contributed by atoms with Crippen molar-refractivity contribution in [2.24, 2.45) is 0 Å². The first-order chi connectivity index (χ1) is 14.0. The van der Waals surface area contributed by atoms with Gasteiger partial charge < -0.3 is 20.3 Å². The summed E-state index contributed by atoms with van der Waals surface area (Å²) in [6, 6.07) is 6.88. The first-order valence-corrected chi connectivity index (χ1v) is 10.3. The number of hydrogen-bond acceptors (Lipinski definition) is 5. The van der Waals surface area contributed by atoms with Crippen molar-refractivity contribution in [1.82, 2.24) is 5.32 Å². The zero-order chi connectivity index (χ0) is 22.6. The van der Waals surface area contributed by atoms with Gasteiger partial charge >= 0.3 is 18.0 Å². The Labute approximate surface area is 179 Å². The largest absolute Gasteiger partial charge is 0.480 e. The van der Waals surface area contributed by atoms with E-state index < -0.39 is 18.5 Å². The van der Waals surface area contributed by atoms with Gasteiger partial charge in [-0.2, -0.15) is 0 Å². The molecule has 0 unspecified atom stereocenters. The Kier molecular flexibility index (Phi) is 7.44. The minimum absolute atomic E-state index is 0.0199. The number of carbonyl (C=O) groups is 3. The Morgan fingerprint density at radius 3 is 2.37 bits per heavy atom. The Morgan fingerprint density at radius 1 is 1.17 bits per heavy atom. The van der Waals surface area contributed by atoms with Crippen LogP contribution in [0.4, 0.5) is 10.5 Å². The molecule has 0 fully saturated rings. The summed E-state index contributed by atoms with van der Waals surface area (Å²) in [6.07, 6.45) is 0. The number of carboxylic acids is 2. The molecule has 162 valence electrons. The minimum Gasteiger partial charge on any atom is -0.480 e. The van der Waals surface area contributed by atoms with Crippen LogP contribution in [-0.2, 0) is 4.79 Å². The van der Waals surface area contributed by atoms with Crippen molar-refractivity contribution in [1.29, 1.82) is 0 Å². The molecular formula is C21H26N2O6S. The van der Waals surface area contributed by atoms with Crippen molar-refractivity contribution in [3.63, 3.8) is 0 Å². The van der Waals surface area contributed by atoms with Crippen molar-refractivity contribution in [3.05, 3.63) is 34.7 Å². The second kappa shape index (κ2) is 9.62. The second-order valence-corrected chi connectivity index (χ2v) is 8.34. The number of urea groups is 1. The highest BCUT2D eigenvalue weighted by atomic mass is 32.1. The number of benzene rings is 1. The molecule has 0 atom stereocenters. The van der Waals surface area contributed by atoms with Gasteiger partial charge in [0.25, 0.3) is 0 Å². The predicted octanol–water partition coefficient (Wildman–Crippen LogP) is 4.22. The fraction of sp³-hybridized carbons (Fsp3) is 0.381. The molecule has 0 aliphatic heterocycles. The van der Waals surface area contributed by atoms with Crippen LogP contribution in [0, 0.1) is 6.92 Å². The predicted molar refractivity (Wildman–Crippen MR) is 116 cm³/mol. The normalized spacial score (nSPS) is 10.9. The highest BCUT2D eigenvalue weighted by molar-refractivity contribution is 7.18. The van der Waals surface area contributed by atoms with Gasteiger partial charge in [0.05, 0.1) is 0 Å². The molecule has 8 nitrogen and oxygen atoms in total. The van der Waals surface area contributed by atoms with Gasteiger partial charge in [-0.3, -0.25) is 4.90 Å². The van der Waals surface area contributed by atoms with E-state index in [2.05, 4.69) is 5.32 Å². The summed E-state index contributed by atoms with van der Waals surface area (Å²) in [6.45, 7) is 8.64. The average Bonchev–Trinajstić information content (AvgIpc) is 2.96. The van der Waals surface area contributed by atoms with Crippen molar-refractivity contribution < 1.29 is 29.3 Å². The summed E-state index contributed by atoms with van der Waals surface area (Å²) in [5.41, 5.74) is 1.92. The van der Waals surface area contributed by atoms with Gasteiger partial charge in [0, 0.05) is 28.2 Å². The van der Waals surface area contributed by atoms with Crippen molar-refractivity contribution in [2.75, 3.05) is 11.5 Å². The molecule has 0 aliphatic carbocycles. The number of hydrogen-bond donors (Lipinski definition) is 3. The number of rotatable bonds is 8. The molecule has 2 aromatic rings. The summed E-state index contributed by atoms with van der Waals surface area (Å²) < 4.78 is 5.25. The number of nitrogens with zero attached hydrogens (tertiary/aromatic N) is 1.